The Morgan fingerprint density at radius 1 is 1.14 bits per heavy atom. The smallest absolute Gasteiger partial charge is 0.327 e. The number of nitrogens with one attached hydrogen (secondary N) is 2. The first kappa shape index (κ1) is 18.5. The molecule has 0 bridgehead atoms. The number of nitrogens with zero attached hydrogens (tertiary/aromatic N) is 2. The van der Waals surface area contributed by atoms with E-state index in [0.29, 0.717) is 11.5 Å². The van der Waals surface area contributed by atoms with Crippen molar-refractivity contribution in [2.45, 2.75) is 13.0 Å². The van der Waals surface area contributed by atoms with Crippen molar-refractivity contribution in [1.29, 1.82) is 0 Å². The third kappa shape index (κ3) is 4.37. The number of methoxy groups -OCH3 is 1. The Kier molecular flexibility index (Phi) is 5.15. The monoisotopic (exact) mass is 392 g/mol. The second-order valence-electron chi connectivity index (χ2n) is 6.56. The summed E-state index contributed by atoms with van der Waals surface area (Å²) in [6.45, 7) is 0.698. The van der Waals surface area contributed by atoms with Crippen molar-refractivity contribution in [2.75, 3.05) is 24.4 Å². The van der Waals surface area contributed by atoms with Gasteiger partial charge in [0.05, 0.1) is 13.7 Å². The van der Waals surface area contributed by atoms with Crippen molar-refractivity contribution in [2.24, 2.45) is 0 Å². The van der Waals surface area contributed by atoms with Gasteiger partial charge in [-0.1, -0.05) is 18.2 Å². The van der Waals surface area contributed by atoms with Crippen molar-refractivity contribution in [3.05, 3.63) is 60.3 Å². The van der Waals surface area contributed by atoms with Crippen molar-refractivity contribution in [1.82, 2.24) is 9.78 Å². The molecule has 0 saturated carbocycles. The zero-order valence-corrected chi connectivity index (χ0v) is 15.8. The number of anilines is 2. The predicted molar refractivity (Wildman–Crippen MR) is 108 cm³/mol. The molecule has 0 fully saturated rings. The molecule has 0 spiro atoms. The van der Waals surface area contributed by atoms with Gasteiger partial charge in [-0.3, -0.25) is 14.8 Å². The first-order chi connectivity index (χ1) is 14.1. The van der Waals surface area contributed by atoms with Crippen LogP contribution in [0.1, 0.15) is 5.56 Å². The SMILES string of the molecule is COC(=O)Cn1ccc(NC(=O)Nc2cccc(-c3ccc4c(c3)CCO4)c2)n1. The van der Waals surface area contributed by atoms with E-state index in [4.69, 9.17) is 4.74 Å². The van der Waals surface area contributed by atoms with Crippen LogP contribution in [0.25, 0.3) is 11.1 Å². The lowest BCUT2D eigenvalue weighted by atomic mass is 10.0. The summed E-state index contributed by atoms with van der Waals surface area (Å²) in [5.74, 6) is 0.856. The van der Waals surface area contributed by atoms with E-state index in [1.165, 1.54) is 17.4 Å². The van der Waals surface area contributed by atoms with Crippen LogP contribution in [0.5, 0.6) is 5.75 Å². The second-order valence-corrected chi connectivity index (χ2v) is 6.56. The van der Waals surface area contributed by atoms with E-state index in [0.717, 1.165) is 29.9 Å². The summed E-state index contributed by atoms with van der Waals surface area (Å²) in [7, 11) is 1.31. The number of benzene rings is 2. The molecule has 2 heterocycles. The van der Waals surface area contributed by atoms with Crippen molar-refractivity contribution >= 4 is 23.5 Å². The van der Waals surface area contributed by atoms with Crippen LogP contribution < -0.4 is 15.4 Å². The highest BCUT2D eigenvalue weighted by Gasteiger charge is 2.13. The average molecular weight is 392 g/mol. The summed E-state index contributed by atoms with van der Waals surface area (Å²) in [6.07, 6.45) is 2.50. The third-order valence-electron chi connectivity index (χ3n) is 4.54. The van der Waals surface area contributed by atoms with Gasteiger partial charge in [0.25, 0.3) is 0 Å². The highest BCUT2D eigenvalue weighted by Crippen LogP contribution is 2.31. The molecule has 2 amide bonds. The van der Waals surface area contributed by atoms with Gasteiger partial charge < -0.3 is 14.8 Å². The maximum Gasteiger partial charge on any atom is 0.327 e. The van der Waals surface area contributed by atoms with Crippen LogP contribution in [0.4, 0.5) is 16.3 Å². The van der Waals surface area contributed by atoms with E-state index in [1.54, 1.807) is 12.3 Å². The van der Waals surface area contributed by atoms with Gasteiger partial charge in [-0.15, -0.1) is 0 Å². The molecule has 0 unspecified atom stereocenters. The van der Waals surface area contributed by atoms with E-state index in [1.807, 2.05) is 36.4 Å². The number of aromatic nitrogens is 2. The lowest BCUT2D eigenvalue weighted by Crippen LogP contribution is -2.20. The van der Waals surface area contributed by atoms with Gasteiger partial charge in [-0.2, -0.15) is 5.10 Å². The van der Waals surface area contributed by atoms with Gasteiger partial charge in [0.1, 0.15) is 12.3 Å². The van der Waals surface area contributed by atoms with Crippen LogP contribution in [0.15, 0.2) is 54.7 Å². The average Bonchev–Trinajstić information content (AvgIpc) is 3.36. The fourth-order valence-corrected chi connectivity index (χ4v) is 3.13. The zero-order chi connectivity index (χ0) is 20.2. The van der Waals surface area contributed by atoms with Gasteiger partial charge in [-0.25, -0.2) is 4.79 Å². The number of hydrogen-bond donors (Lipinski definition) is 2. The lowest BCUT2D eigenvalue weighted by Gasteiger charge is -2.09. The summed E-state index contributed by atoms with van der Waals surface area (Å²) in [5, 5.41) is 9.55. The molecule has 8 nitrogen and oxygen atoms in total. The molecule has 2 N–H and O–H groups in total. The molecule has 29 heavy (non-hydrogen) atoms. The zero-order valence-electron chi connectivity index (χ0n) is 15.8. The van der Waals surface area contributed by atoms with Crippen LogP contribution in [0.3, 0.4) is 0 Å². The van der Waals surface area contributed by atoms with Crippen molar-refractivity contribution < 1.29 is 19.1 Å². The highest BCUT2D eigenvalue weighted by atomic mass is 16.5. The van der Waals surface area contributed by atoms with Gasteiger partial charge in [0, 0.05) is 24.4 Å². The van der Waals surface area contributed by atoms with Crippen LogP contribution in [0, 0.1) is 0 Å². The summed E-state index contributed by atoms with van der Waals surface area (Å²) in [4.78, 5) is 23.6. The van der Waals surface area contributed by atoms with Gasteiger partial charge >= 0.3 is 12.0 Å². The molecule has 148 valence electrons. The van der Waals surface area contributed by atoms with Gasteiger partial charge in [0.2, 0.25) is 0 Å². The Morgan fingerprint density at radius 2 is 2.00 bits per heavy atom. The third-order valence-corrected chi connectivity index (χ3v) is 4.54. The molecular weight excluding hydrogens is 372 g/mol. The molecule has 1 aromatic heterocycles. The summed E-state index contributed by atoms with van der Waals surface area (Å²) in [5.41, 5.74) is 3.92. The number of carbonyl (C=O) groups is 2. The van der Waals surface area contributed by atoms with E-state index in [-0.39, 0.29) is 6.54 Å². The van der Waals surface area contributed by atoms with E-state index < -0.39 is 12.0 Å². The van der Waals surface area contributed by atoms with Crippen molar-refractivity contribution in [3.8, 4) is 16.9 Å². The fraction of sp³-hybridized carbons (Fsp3) is 0.190. The molecular formula is C21H20N4O4. The second kappa shape index (κ2) is 8.05. The predicted octanol–water partition coefficient (Wildman–Crippen LogP) is 3.30. The number of carbonyl (C=O) groups excluding carboxylic acids is 2. The summed E-state index contributed by atoms with van der Waals surface area (Å²) in [6, 6.07) is 14.9. The van der Waals surface area contributed by atoms with Gasteiger partial charge in [0.15, 0.2) is 5.82 Å². The van der Waals surface area contributed by atoms with E-state index in [2.05, 4.69) is 26.5 Å². The maximum atomic E-state index is 12.3. The molecule has 3 aromatic rings. The minimum absolute atomic E-state index is 0.0202. The van der Waals surface area contributed by atoms with Crippen LogP contribution in [0.2, 0.25) is 0 Å². The Balaban J connectivity index is 1.41. The molecule has 0 atom stereocenters. The molecule has 4 rings (SSSR count). The molecule has 0 aliphatic carbocycles. The Morgan fingerprint density at radius 3 is 2.86 bits per heavy atom. The molecule has 8 heteroatoms. The molecule has 0 saturated heterocycles. The Labute approximate surface area is 167 Å². The Hall–Kier alpha value is -3.81. The van der Waals surface area contributed by atoms with Crippen LogP contribution in [-0.4, -0.2) is 35.5 Å². The van der Waals surface area contributed by atoms with E-state index in [9.17, 15) is 9.59 Å². The molecule has 1 aliphatic heterocycles. The Bertz CT molecular complexity index is 1060. The van der Waals surface area contributed by atoms with Crippen LogP contribution >= 0.6 is 0 Å². The number of amides is 2. The first-order valence-corrected chi connectivity index (χ1v) is 9.15. The quantitative estimate of drug-likeness (QED) is 0.650. The number of fused-ring (bicyclic) bond motifs is 1. The molecule has 0 radical (unpaired) electrons. The number of esters is 1. The normalized spacial score (nSPS) is 12.0. The van der Waals surface area contributed by atoms with Crippen LogP contribution in [-0.2, 0) is 22.5 Å². The number of hydrogen-bond acceptors (Lipinski definition) is 5. The van der Waals surface area contributed by atoms with Gasteiger partial charge in [-0.05, 0) is 41.0 Å². The number of urea groups is 1. The van der Waals surface area contributed by atoms with E-state index >= 15 is 0 Å². The fourth-order valence-electron chi connectivity index (χ4n) is 3.13. The standard InChI is InChI=1S/C21H20N4O4/c1-28-20(26)13-25-9-7-19(24-25)23-21(27)22-17-4-2-3-14(12-17)15-5-6-18-16(11-15)8-10-29-18/h2-7,9,11-12H,8,10,13H2,1H3,(H2,22,23,24,27). The molecule has 1 aliphatic rings. The minimum atomic E-state index is -0.423. The summed E-state index contributed by atoms with van der Waals surface area (Å²) >= 11 is 0. The highest BCUT2D eigenvalue weighted by molar-refractivity contribution is 5.99. The summed E-state index contributed by atoms with van der Waals surface area (Å²) < 4.78 is 11.5. The van der Waals surface area contributed by atoms with Crippen molar-refractivity contribution in [3.63, 3.8) is 0 Å². The lowest BCUT2D eigenvalue weighted by molar-refractivity contribution is -0.141. The minimum Gasteiger partial charge on any atom is -0.493 e. The number of ether oxygens (including phenoxy) is 2. The molecule has 2 aromatic carbocycles. The first-order valence-electron chi connectivity index (χ1n) is 9.15. The number of rotatable bonds is 5. The largest absolute Gasteiger partial charge is 0.493 e. The topological polar surface area (TPSA) is 94.5 Å². The maximum absolute atomic E-state index is 12.3.